The Hall–Kier alpha value is -1.03. The Labute approximate surface area is 65.9 Å². The molecule has 0 spiro atoms. The predicted octanol–water partition coefficient (Wildman–Crippen LogP) is 0.557. The highest BCUT2D eigenvalue weighted by Gasteiger charge is 2.06. The van der Waals surface area contributed by atoms with E-state index in [1.165, 1.54) is 0 Å². The van der Waals surface area contributed by atoms with Crippen LogP contribution in [0.5, 0.6) is 0 Å². The Morgan fingerprint density at radius 2 is 2.36 bits per heavy atom. The van der Waals surface area contributed by atoms with Crippen LogP contribution in [0.4, 0.5) is 0 Å². The number of hydrogen-bond donors (Lipinski definition) is 2. The Balaban J connectivity index is 3.66. The molecule has 0 aromatic heterocycles. The summed E-state index contributed by atoms with van der Waals surface area (Å²) in [6, 6.07) is 0. The summed E-state index contributed by atoms with van der Waals surface area (Å²) in [6.07, 6.45) is -0.302. The van der Waals surface area contributed by atoms with Gasteiger partial charge in [0.2, 0.25) is 0 Å². The molecule has 0 aliphatic heterocycles. The molecule has 4 nitrogen and oxygen atoms in total. The molecule has 1 unspecified atom stereocenters. The minimum atomic E-state index is -1.06. The van der Waals surface area contributed by atoms with Gasteiger partial charge in [0.15, 0.2) is 0 Å². The highest BCUT2D eigenvalue weighted by atomic mass is 16.5. The van der Waals surface area contributed by atoms with Gasteiger partial charge in [-0.25, -0.2) is 4.79 Å². The van der Waals surface area contributed by atoms with Gasteiger partial charge in [0.05, 0.1) is 0 Å². The van der Waals surface area contributed by atoms with Crippen molar-refractivity contribution in [2.45, 2.75) is 20.1 Å². The zero-order chi connectivity index (χ0) is 8.85. The summed E-state index contributed by atoms with van der Waals surface area (Å²) < 4.78 is 5.03. The maximum atomic E-state index is 10.2. The quantitative estimate of drug-likeness (QED) is 0.454. The normalized spacial score (nSPS) is 12.2. The van der Waals surface area contributed by atoms with E-state index in [1.54, 1.807) is 6.92 Å². The minimum Gasteiger partial charge on any atom is -0.477 e. The van der Waals surface area contributed by atoms with Crippen LogP contribution in [0.25, 0.3) is 0 Å². The fourth-order valence-electron chi connectivity index (χ4n) is 0.599. The Morgan fingerprint density at radius 3 is 2.73 bits per heavy atom. The lowest BCUT2D eigenvalue weighted by atomic mass is 10.4. The highest BCUT2D eigenvalue weighted by Crippen LogP contribution is 1.90. The van der Waals surface area contributed by atoms with Gasteiger partial charge in [-0.1, -0.05) is 6.58 Å². The zero-order valence-corrected chi connectivity index (χ0v) is 6.76. The smallest absolute Gasteiger partial charge is 0.351 e. The van der Waals surface area contributed by atoms with Crippen molar-refractivity contribution in [3.05, 3.63) is 12.3 Å². The van der Waals surface area contributed by atoms with Crippen molar-refractivity contribution in [3.63, 3.8) is 0 Å². The van der Waals surface area contributed by atoms with Crippen molar-refractivity contribution in [3.8, 4) is 0 Å². The molecule has 11 heavy (non-hydrogen) atoms. The van der Waals surface area contributed by atoms with Crippen molar-refractivity contribution >= 4 is 5.97 Å². The van der Waals surface area contributed by atoms with Gasteiger partial charge in [0.25, 0.3) is 0 Å². The first-order valence-corrected chi connectivity index (χ1v) is 3.38. The number of hydrogen-bond acceptors (Lipinski definition) is 3. The maximum absolute atomic E-state index is 10.2. The number of nitrogens with one attached hydrogen (secondary N) is 1. The van der Waals surface area contributed by atoms with Crippen LogP contribution in [-0.4, -0.2) is 23.9 Å². The second kappa shape index (κ2) is 4.73. The van der Waals surface area contributed by atoms with Crippen LogP contribution in [0.2, 0.25) is 0 Å². The molecule has 0 bridgehead atoms. The second-order valence-electron chi connectivity index (χ2n) is 2.03. The van der Waals surface area contributed by atoms with E-state index in [0.717, 1.165) is 0 Å². The molecule has 0 aliphatic rings. The first kappa shape index (κ1) is 9.97. The molecule has 0 fully saturated rings. The Morgan fingerprint density at radius 1 is 1.82 bits per heavy atom. The molecule has 0 amide bonds. The van der Waals surface area contributed by atoms with E-state index >= 15 is 0 Å². The van der Waals surface area contributed by atoms with Crippen molar-refractivity contribution in [2.75, 3.05) is 6.61 Å². The summed E-state index contributed by atoms with van der Waals surface area (Å²) in [6.45, 7) is 7.38. The number of carboxylic acids is 1. The third-order valence-corrected chi connectivity index (χ3v) is 1.05. The monoisotopic (exact) mass is 159 g/mol. The van der Waals surface area contributed by atoms with Crippen LogP contribution in [0, 0.1) is 0 Å². The molecule has 0 aromatic carbocycles. The fraction of sp³-hybridized carbons (Fsp3) is 0.571. The van der Waals surface area contributed by atoms with E-state index in [2.05, 4.69) is 11.9 Å². The minimum absolute atomic E-state index is 0.0500. The van der Waals surface area contributed by atoms with Crippen LogP contribution in [-0.2, 0) is 9.53 Å². The van der Waals surface area contributed by atoms with Crippen LogP contribution in [0.15, 0.2) is 12.3 Å². The molecule has 0 aromatic rings. The summed E-state index contributed by atoms with van der Waals surface area (Å²) in [7, 11) is 0. The first-order valence-electron chi connectivity index (χ1n) is 3.38. The lowest BCUT2D eigenvalue weighted by Crippen LogP contribution is -2.30. The number of ether oxygens (including phenoxy) is 1. The summed E-state index contributed by atoms with van der Waals surface area (Å²) in [4.78, 5) is 10.2. The van der Waals surface area contributed by atoms with Crippen molar-refractivity contribution in [1.82, 2.24) is 5.32 Å². The lowest BCUT2D eigenvalue weighted by Gasteiger charge is -2.13. The Kier molecular flexibility index (Phi) is 4.29. The van der Waals surface area contributed by atoms with Gasteiger partial charge < -0.3 is 15.2 Å². The van der Waals surface area contributed by atoms with Gasteiger partial charge in [-0.05, 0) is 13.8 Å². The van der Waals surface area contributed by atoms with Crippen molar-refractivity contribution in [1.29, 1.82) is 0 Å². The average Bonchev–Trinajstić information content (AvgIpc) is 1.87. The molecule has 0 saturated carbocycles. The van der Waals surface area contributed by atoms with Crippen LogP contribution in [0.1, 0.15) is 13.8 Å². The molecule has 2 N–H and O–H groups in total. The second-order valence-corrected chi connectivity index (χ2v) is 2.03. The van der Waals surface area contributed by atoms with E-state index in [0.29, 0.717) is 6.61 Å². The summed E-state index contributed by atoms with van der Waals surface area (Å²) in [5.41, 5.74) is -0.0500. The number of rotatable bonds is 5. The third-order valence-electron chi connectivity index (χ3n) is 1.05. The van der Waals surface area contributed by atoms with E-state index in [-0.39, 0.29) is 11.9 Å². The van der Waals surface area contributed by atoms with Gasteiger partial charge in [0.1, 0.15) is 11.9 Å². The highest BCUT2D eigenvalue weighted by molar-refractivity contribution is 5.85. The molecule has 0 saturated heterocycles. The third kappa shape index (κ3) is 4.38. The maximum Gasteiger partial charge on any atom is 0.351 e. The molecule has 0 radical (unpaired) electrons. The van der Waals surface area contributed by atoms with Gasteiger partial charge in [-0.15, -0.1) is 0 Å². The largest absolute Gasteiger partial charge is 0.477 e. The van der Waals surface area contributed by atoms with Gasteiger partial charge >= 0.3 is 5.97 Å². The van der Waals surface area contributed by atoms with Crippen molar-refractivity contribution < 1.29 is 14.6 Å². The molecule has 4 heteroatoms. The summed E-state index contributed by atoms with van der Waals surface area (Å²) >= 11 is 0. The van der Waals surface area contributed by atoms with E-state index in [4.69, 9.17) is 9.84 Å². The first-order chi connectivity index (χ1) is 5.07. The molecule has 0 heterocycles. The lowest BCUT2D eigenvalue weighted by molar-refractivity contribution is -0.133. The number of carbonyl (C=O) groups is 1. The van der Waals surface area contributed by atoms with Gasteiger partial charge in [-0.3, -0.25) is 0 Å². The molecule has 0 aliphatic carbocycles. The Bertz CT molecular complexity index is 156. The molecular weight excluding hydrogens is 146 g/mol. The topological polar surface area (TPSA) is 58.6 Å². The molecule has 1 atom stereocenters. The average molecular weight is 159 g/mol. The standard InChI is InChI=1S/C7H13NO3/c1-4-11-6(3)8-5(2)7(9)10/h6,8H,2,4H2,1,3H3,(H,9,10). The fourth-order valence-corrected chi connectivity index (χ4v) is 0.599. The SMILES string of the molecule is C=C(NC(C)OCC)C(=O)O. The van der Waals surface area contributed by atoms with Crippen molar-refractivity contribution in [2.24, 2.45) is 0 Å². The van der Waals surface area contributed by atoms with Crippen LogP contribution < -0.4 is 5.32 Å². The molecular formula is C7H13NO3. The summed E-state index contributed by atoms with van der Waals surface area (Å²) in [5, 5.41) is 10.9. The molecule has 64 valence electrons. The number of carboxylic acid groups (broad SMARTS) is 1. The zero-order valence-electron chi connectivity index (χ0n) is 6.76. The van der Waals surface area contributed by atoms with Crippen LogP contribution in [0.3, 0.4) is 0 Å². The molecule has 0 rings (SSSR count). The van der Waals surface area contributed by atoms with Crippen LogP contribution >= 0.6 is 0 Å². The van der Waals surface area contributed by atoms with Gasteiger partial charge in [0, 0.05) is 6.61 Å². The van der Waals surface area contributed by atoms with E-state index in [1.807, 2.05) is 6.92 Å². The van der Waals surface area contributed by atoms with E-state index < -0.39 is 5.97 Å². The number of aliphatic carboxylic acids is 1. The van der Waals surface area contributed by atoms with Gasteiger partial charge in [-0.2, -0.15) is 0 Å². The predicted molar refractivity (Wildman–Crippen MR) is 41.0 cm³/mol. The van der Waals surface area contributed by atoms with E-state index in [9.17, 15) is 4.79 Å². The summed E-state index contributed by atoms with van der Waals surface area (Å²) in [5.74, 6) is -1.06.